The van der Waals surface area contributed by atoms with Crippen LogP contribution in [0.15, 0.2) is 36.5 Å². The molecule has 1 aromatic heterocycles. The third kappa shape index (κ3) is 1.96. The number of nitrogens with zero attached hydrogens (tertiary/aromatic N) is 1. The number of esters is 1. The number of ether oxygens (including phenoxy) is 1. The van der Waals surface area contributed by atoms with Crippen molar-refractivity contribution < 1.29 is 9.53 Å². The minimum atomic E-state index is -0.323. The summed E-state index contributed by atoms with van der Waals surface area (Å²) in [6, 6.07) is 9.63. The van der Waals surface area contributed by atoms with Crippen LogP contribution in [-0.2, 0) is 4.74 Å². The van der Waals surface area contributed by atoms with Crippen molar-refractivity contribution in [3.8, 4) is 5.69 Å². The maximum atomic E-state index is 11.6. The average molecular weight is 229 g/mol. The number of aryl methyl sites for hydroxylation is 1. The number of benzene rings is 1. The van der Waals surface area contributed by atoms with Crippen molar-refractivity contribution in [1.82, 2.24) is 4.57 Å². The van der Waals surface area contributed by atoms with Crippen molar-refractivity contribution in [2.24, 2.45) is 0 Å². The first-order valence-corrected chi connectivity index (χ1v) is 5.47. The molecule has 0 aliphatic rings. The molecule has 0 saturated heterocycles. The highest BCUT2D eigenvalue weighted by molar-refractivity contribution is 5.88. The van der Waals surface area contributed by atoms with Crippen LogP contribution in [0.2, 0.25) is 0 Å². The average Bonchev–Trinajstić information content (AvgIpc) is 2.80. The Morgan fingerprint density at radius 1 is 1.18 bits per heavy atom. The van der Waals surface area contributed by atoms with Gasteiger partial charge in [-0.15, -0.1) is 0 Å². The lowest BCUT2D eigenvalue weighted by molar-refractivity contribution is 0.0591. The fourth-order valence-electron chi connectivity index (χ4n) is 1.86. The van der Waals surface area contributed by atoms with Crippen LogP contribution in [0.5, 0.6) is 0 Å². The quantitative estimate of drug-likeness (QED) is 0.741. The second kappa shape index (κ2) is 4.45. The summed E-state index contributed by atoms with van der Waals surface area (Å²) in [6.07, 6.45) is 1.87. The molecule has 0 atom stereocenters. The minimum absolute atomic E-state index is 0.323. The second-order valence-corrected chi connectivity index (χ2v) is 3.97. The summed E-state index contributed by atoms with van der Waals surface area (Å²) in [5, 5.41) is 0. The van der Waals surface area contributed by atoms with Crippen LogP contribution in [0.25, 0.3) is 5.69 Å². The molecule has 0 unspecified atom stereocenters. The summed E-state index contributed by atoms with van der Waals surface area (Å²) < 4.78 is 6.62. The number of rotatable bonds is 2. The summed E-state index contributed by atoms with van der Waals surface area (Å²) in [7, 11) is 1.39. The first-order valence-electron chi connectivity index (χ1n) is 5.47. The molecular weight excluding hydrogens is 214 g/mol. The molecule has 3 heteroatoms. The van der Waals surface area contributed by atoms with Crippen molar-refractivity contribution in [3.05, 3.63) is 53.3 Å². The summed E-state index contributed by atoms with van der Waals surface area (Å²) >= 11 is 0. The largest absolute Gasteiger partial charge is 0.464 e. The highest BCUT2D eigenvalue weighted by Crippen LogP contribution is 2.20. The monoisotopic (exact) mass is 229 g/mol. The topological polar surface area (TPSA) is 31.2 Å². The Morgan fingerprint density at radius 3 is 2.65 bits per heavy atom. The molecule has 3 nitrogen and oxygen atoms in total. The van der Waals surface area contributed by atoms with E-state index in [1.165, 1.54) is 12.7 Å². The van der Waals surface area contributed by atoms with Gasteiger partial charge in [0.05, 0.1) is 7.11 Å². The van der Waals surface area contributed by atoms with E-state index in [0.29, 0.717) is 5.69 Å². The standard InChI is InChI=1S/C14H15NO2/c1-10-6-4-7-12(11(10)2)15-9-5-8-13(15)14(16)17-3/h4-9H,1-3H3. The summed E-state index contributed by atoms with van der Waals surface area (Å²) in [4.78, 5) is 11.6. The van der Waals surface area contributed by atoms with Crippen LogP contribution < -0.4 is 0 Å². The molecule has 88 valence electrons. The molecule has 1 heterocycles. The summed E-state index contributed by atoms with van der Waals surface area (Å²) in [6.45, 7) is 4.10. The first kappa shape index (κ1) is 11.5. The van der Waals surface area contributed by atoms with E-state index in [4.69, 9.17) is 4.74 Å². The second-order valence-electron chi connectivity index (χ2n) is 3.97. The minimum Gasteiger partial charge on any atom is -0.464 e. The predicted octanol–water partition coefficient (Wildman–Crippen LogP) is 2.88. The van der Waals surface area contributed by atoms with E-state index in [2.05, 4.69) is 13.0 Å². The number of hydrogen-bond donors (Lipinski definition) is 0. The predicted molar refractivity (Wildman–Crippen MR) is 66.6 cm³/mol. The van der Waals surface area contributed by atoms with Gasteiger partial charge in [-0.2, -0.15) is 0 Å². The molecule has 0 aliphatic heterocycles. The molecule has 0 amide bonds. The molecule has 17 heavy (non-hydrogen) atoms. The number of carbonyl (C=O) groups is 1. The first-order chi connectivity index (χ1) is 8.15. The van der Waals surface area contributed by atoms with Crippen molar-refractivity contribution in [2.75, 3.05) is 7.11 Å². The van der Waals surface area contributed by atoms with Crippen molar-refractivity contribution >= 4 is 5.97 Å². The van der Waals surface area contributed by atoms with E-state index in [0.717, 1.165) is 11.3 Å². The van der Waals surface area contributed by atoms with Gasteiger partial charge in [0.25, 0.3) is 0 Å². The van der Waals surface area contributed by atoms with Gasteiger partial charge in [0.15, 0.2) is 0 Å². The molecule has 0 fully saturated rings. The van der Waals surface area contributed by atoms with Gasteiger partial charge in [-0.3, -0.25) is 0 Å². The molecule has 0 spiro atoms. The van der Waals surface area contributed by atoms with E-state index in [1.54, 1.807) is 6.07 Å². The van der Waals surface area contributed by atoms with E-state index in [-0.39, 0.29) is 5.97 Å². The van der Waals surface area contributed by atoms with Gasteiger partial charge in [-0.1, -0.05) is 12.1 Å². The van der Waals surface area contributed by atoms with Gasteiger partial charge in [-0.25, -0.2) is 4.79 Å². The number of methoxy groups -OCH3 is 1. The normalized spacial score (nSPS) is 10.3. The smallest absolute Gasteiger partial charge is 0.355 e. The van der Waals surface area contributed by atoms with E-state index >= 15 is 0 Å². The van der Waals surface area contributed by atoms with Crippen LogP contribution in [0.4, 0.5) is 0 Å². The van der Waals surface area contributed by atoms with E-state index < -0.39 is 0 Å². The lowest BCUT2D eigenvalue weighted by atomic mass is 10.1. The lowest BCUT2D eigenvalue weighted by Crippen LogP contribution is -2.09. The zero-order chi connectivity index (χ0) is 12.4. The molecule has 0 radical (unpaired) electrons. The van der Waals surface area contributed by atoms with Gasteiger partial charge >= 0.3 is 5.97 Å². The Balaban J connectivity index is 2.58. The van der Waals surface area contributed by atoms with Gasteiger partial charge < -0.3 is 9.30 Å². The van der Waals surface area contributed by atoms with Crippen LogP contribution in [0, 0.1) is 13.8 Å². The van der Waals surface area contributed by atoms with Gasteiger partial charge in [0, 0.05) is 11.9 Å². The molecular formula is C14H15NO2. The van der Waals surface area contributed by atoms with Crippen LogP contribution >= 0.6 is 0 Å². The number of hydrogen-bond acceptors (Lipinski definition) is 2. The van der Waals surface area contributed by atoms with Crippen molar-refractivity contribution in [1.29, 1.82) is 0 Å². The fourth-order valence-corrected chi connectivity index (χ4v) is 1.86. The Bertz CT molecular complexity index is 555. The Labute approximate surface area is 101 Å². The summed E-state index contributed by atoms with van der Waals surface area (Å²) in [5.74, 6) is -0.323. The van der Waals surface area contributed by atoms with Gasteiger partial charge in [0.1, 0.15) is 5.69 Å². The SMILES string of the molecule is COC(=O)c1cccn1-c1cccc(C)c1C. The van der Waals surface area contributed by atoms with E-state index in [1.807, 2.05) is 35.9 Å². The summed E-state index contributed by atoms with van der Waals surface area (Å²) in [5.41, 5.74) is 3.91. The lowest BCUT2D eigenvalue weighted by Gasteiger charge is -2.12. The maximum absolute atomic E-state index is 11.6. The third-order valence-corrected chi connectivity index (χ3v) is 2.98. The zero-order valence-corrected chi connectivity index (χ0v) is 10.2. The Hall–Kier alpha value is -2.03. The number of carbonyl (C=O) groups excluding carboxylic acids is 1. The molecule has 0 N–H and O–H groups in total. The van der Waals surface area contributed by atoms with Gasteiger partial charge in [0.2, 0.25) is 0 Å². The van der Waals surface area contributed by atoms with Gasteiger partial charge in [-0.05, 0) is 43.2 Å². The Morgan fingerprint density at radius 2 is 1.94 bits per heavy atom. The molecule has 0 bridgehead atoms. The van der Waals surface area contributed by atoms with Crippen LogP contribution in [-0.4, -0.2) is 17.6 Å². The molecule has 2 aromatic rings. The third-order valence-electron chi connectivity index (χ3n) is 2.98. The highest BCUT2D eigenvalue weighted by Gasteiger charge is 2.13. The highest BCUT2D eigenvalue weighted by atomic mass is 16.5. The van der Waals surface area contributed by atoms with Crippen molar-refractivity contribution in [2.45, 2.75) is 13.8 Å². The fraction of sp³-hybridized carbons (Fsp3) is 0.214. The van der Waals surface area contributed by atoms with Crippen LogP contribution in [0.3, 0.4) is 0 Å². The molecule has 0 aliphatic carbocycles. The van der Waals surface area contributed by atoms with E-state index in [9.17, 15) is 4.79 Å². The molecule has 0 saturated carbocycles. The maximum Gasteiger partial charge on any atom is 0.355 e. The van der Waals surface area contributed by atoms with Crippen molar-refractivity contribution in [3.63, 3.8) is 0 Å². The zero-order valence-electron chi connectivity index (χ0n) is 10.2. The van der Waals surface area contributed by atoms with Crippen LogP contribution in [0.1, 0.15) is 21.6 Å². The molecule has 2 rings (SSSR count). The molecule has 1 aromatic carbocycles. The Kier molecular flexibility index (Phi) is 3.00. The number of aromatic nitrogens is 1.